The molecule has 20 heavy (non-hydrogen) atoms. The third kappa shape index (κ3) is 5.34. The molecule has 0 unspecified atom stereocenters. The van der Waals surface area contributed by atoms with E-state index in [1.165, 1.54) is 0 Å². The Morgan fingerprint density at radius 3 is 2.60 bits per heavy atom. The van der Waals surface area contributed by atoms with Gasteiger partial charge in [0.1, 0.15) is 12.4 Å². The normalized spacial score (nSPS) is 11.7. The summed E-state index contributed by atoms with van der Waals surface area (Å²) in [4.78, 5) is 4.28. The van der Waals surface area contributed by atoms with Crippen molar-refractivity contribution in [2.24, 2.45) is 0 Å². The Bertz CT molecular complexity index is 436. The molecule has 1 aromatic rings. The van der Waals surface area contributed by atoms with Crippen molar-refractivity contribution in [3.63, 3.8) is 0 Å². The lowest BCUT2D eigenvalue weighted by Crippen LogP contribution is -2.24. The van der Waals surface area contributed by atoms with Gasteiger partial charge in [0.2, 0.25) is 0 Å². The average Bonchev–Trinajstić information content (AvgIpc) is 2.35. The fraction of sp³-hybridized carbons (Fsp3) is 0.615. The summed E-state index contributed by atoms with van der Waals surface area (Å²) < 4.78 is 45.3. The zero-order valence-corrected chi connectivity index (χ0v) is 11.8. The van der Waals surface area contributed by atoms with Crippen LogP contribution in [0, 0.1) is 13.8 Å². The minimum atomic E-state index is -4.28. The van der Waals surface area contributed by atoms with E-state index in [1.807, 2.05) is 13.8 Å². The van der Waals surface area contributed by atoms with Gasteiger partial charge in [-0.1, -0.05) is 0 Å². The standard InChI is InChI=1S/C13H19F3N2O2/c1-9-6-18-11(10(2)12(9)19-3)7-17-4-5-20-8-13(14,15)16/h6,17H,4-5,7-8H2,1-3H3. The van der Waals surface area contributed by atoms with E-state index in [9.17, 15) is 13.2 Å². The number of methoxy groups -OCH3 is 1. The largest absolute Gasteiger partial charge is 0.496 e. The lowest BCUT2D eigenvalue weighted by atomic mass is 10.1. The maximum absolute atomic E-state index is 11.8. The summed E-state index contributed by atoms with van der Waals surface area (Å²) in [6.45, 7) is 3.37. The highest BCUT2D eigenvalue weighted by Gasteiger charge is 2.27. The third-order valence-corrected chi connectivity index (χ3v) is 2.73. The number of ether oxygens (including phenoxy) is 2. The van der Waals surface area contributed by atoms with Gasteiger partial charge in [0.25, 0.3) is 0 Å². The molecule has 0 radical (unpaired) electrons. The highest BCUT2D eigenvalue weighted by atomic mass is 19.4. The fourth-order valence-corrected chi connectivity index (χ4v) is 1.79. The van der Waals surface area contributed by atoms with Crippen molar-refractivity contribution in [1.82, 2.24) is 10.3 Å². The van der Waals surface area contributed by atoms with E-state index in [0.717, 1.165) is 22.6 Å². The van der Waals surface area contributed by atoms with Crippen LogP contribution in [0.2, 0.25) is 0 Å². The number of nitrogens with zero attached hydrogens (tertiary/aromatic N) is 1. The van der Waals surface area contributed by atoms with E-state index >= 15 is 0 Å². The van der Waals surface area contributed by atoms with Crippen LogP contribution in [0.25, 0.3) is 0 Å². The molecule has 0 aliphatic heterocycles. The summed E-state index contributed by atoms with van der Waals surface area (Å²) in [7, 11) is 1.59. The molecule has 0 spiro atoms. The first-order valence-corrected chi connectivity index (χ1v) is 6.19. The highest BCUT2D eigenvalue weighted by molar-refractivity contribution is 5.40. The third-order valence-electron chi connectivity index (χ3n) is 2.73. The van der Waals surface area contributed by atoms with Crippen LogP contribution in [0.1, 0.15) is 16.8 Å². The Labute approximate surface area is 116 Å². The van der Waals surface area contributed by atoms with Gasteiger partial charge >= 0.3 is 6.18 Å². The second-order valence-corrected chi connectivity index (χ2v) is 4.39. The number of aromatic nitrogens is 1. The molecule has 1 rings (SSSR count). The van der Waals surface area contributed by atoms with Crippen molar-refractivity contribution in [2.75, 3.05) is 26.9 Å². The van der Waals surface area contributed by atoms with Gasteiger partial charge in [0.05, 0.1) is 19.4 Å². The molecule has 114 valence electrons. The molecule has 7 heteroatoms. The highest BCUT2D eigenvalue weighted by Crippen LogP contribution is 2.23. The fourth-order valence-electron chi connectivity index (χ4n) is 1.79. The first-order valence-electron chi connectivity index (χ1n) is 6.19. The van der Waals surface area contributed by atoms with Gasteiger partial charge in [-0.25, -0.2) is 0 Å². The summed E-state index contributed by atoms with van der Waals surface area (Å²) >= 11 is 0. The van der Waals surface area contributed by atoms with Crippen LogP contribution >= 0.6 is 0 Å². The lowest BCUT2D eigenvalue weighted by Gasteiger charge is -2.13. The molecule has 0 atom stereocenters. The molecule has 4 nitrogen and oxygen atoms in total. The van der Waals surface area contributed by atoms with E-state index in [0.29, 0.717) is 13.1 Å². The number of rotatable bonds is 7. The van der Waals surface area contributed by atoms with E-state index in [1.54, 1.807) is 13.3 Å². The second-order valence-electron chi connectivity index (χ2n) is 4.39. The molecule has 0 aliphatic rings. The molecule has 0 fully saturated rings. The molecule has 0 aliphatic carbocycles. The summed E-state index contributed by atoms with van der Waals surface area (Å²) in [6, 6.07) is 0. The molecule has 0 bridgehead atoms. The van der Waals surface area contributed by atoms with Gasteiger partial charge < -0.3 is 14.8 Å². The van der Waals surface area contributed by atoms with Crippen LogP contribution < -0.4 is 10.1 Å². The van der Waals surface area contributed by atoms with Gasteiger partial charge in [0.15, 0.2) is 0 Å². The number of halogens is 3. The smallest absolute Gasteiger partial charge is 0.411 e. The number of hydrogen-bond donors (Lipinski definition) is 1. The Kier molecular flexibility index (Phi) is 6.22. The Hall–Kier alpha value is -1.34. The molecule has 1 aromatic heterocycles. The lowest BCUT2D eigenvalue weighted by molar-refractivity contribution is -0.173. The van der Waals surface area contributed by atoms with E-state index in [-0.39, 0.29) is 6.61 Å². The van der Waals surface area contributed by atoms with Crippen LogP contribution in [0.5, 0.6) is 5.75 Å². The van der Waals surface area contributed by atoms with Gasteiger partial charge in [0, 0.05) is 30.4 Å². The van der Waals surface area contributed by atoms with Crippen molar-refractivity contribution >= 4 is 0 Å². The molecule has 0 saturated heterocycles. The van der Waals surface area contributed by atoms with Crippen LogP contribution in [-0.2, 0) is 11.3 Å². The summed E-state index contributed by atoms with van der Waals surface area (Å²) in [5.74, 6) is 0.783. The minimum Gasteiger partial charge on any atom is -0.496 e. The number of alkyl halides is 3. The predicted molar refractivity (Wildman–Crippen MR) is 68.8 cm³/mol. The summed E-state index contributed by atoms with van der Waals surface area (Å²) in [5.41, 5.74) is 2.68. The second kappa shape index (κ2) is 7.44. The van der Waals surface area contributed by atoms with Crippen LogP contribution in [0.3, 0.4) is 0 Å². The van der Waals surface area contributed by atoms with E-state index in [2.05, 4.69) is 15.0 Å². The zero-order valence-electron chi connectivity index (χ0n) is 11.8. The average molecular weight is 292 g/mol. The summed E-state index contributed by atoms with van der Waals surface area (Å²) in [6.07, 6.45) is -2.56. The molecular formula is C13H19F3N2O2. The molecule has 1 N–H and O–H groups in total. The van der Waals surface area contributed by atoms with E-state index < -0.39 is 12.8 Å². The SMILES string of the molecule is COc1c(C)cnc(CNCCOCC(F)(F)F)c1C. The number of hydrogen-bond acceptors (Lipinski definition) is 4. The van der Waals surface area contributed by atoms with Crippen molar-refractivity contribution in [1.29, 1.82) is 0 Å². The van der Waals surface area contributed by atoms with Gasteiger partial charge in [-0.2, -0.15) is 13.2 Å². The minimum absolute atomic E-state index is 0.00154. The van der Waals surface area contributed by atoms with Crippen molar-refractivity contribution in [2.45, 2.75) is 26.6 Å². The number of nitrogens with one attached hydrogen (secondary N) is 1. The molecule has 0 amide bonds. The van der Waals surface area contributed by atoms with Crippen LogP contribution in [0.4, 0.5) is 13.2 Å². The molecule has 0 aromatic carbocycles. The Morgan fingerprint density at radius 1 is 1.30 bits per heavy atom. The number of aryl methyl sites for hydroxylation is 1. The maximum atomic E-state index is 11.8. The first-order chi connectivity index (χ1) is 9.35. The molecular weight excluding hydrogens is 273 g/mol. The monoisotopic (exact) mass is 292 g/mol. The first kappa shape index (κ1) is 16.7. The Morgan fingerprint density at radius 2 is 2.00 bits per heavy atom. The van der Waals surface area contributed by atoms with Crippen LogP contribution in [0.15, 0.2) is 6.20 Å². The van der Waals surface area contributed by atoms with Crippen LogP contribution in [-0.4, -0.2) is 38.0 Å². The van der Waals surface area contributed by atoms with Gasteiger partial charge in [-0.15, -0.1) is 0 Å². The summed E-state index contributed by atoms with van der Waals surface area (Å²) in [5, 5.41) is 2.99. The maximum Gasteiger partial charge on any atom is 0.411 e. The predicted octanol–water partition coefficient (Wildman–Crippen LogP) is 2.38. The zero-order chi connectivity index (χ0) is 15.2. The van der Waals surface area contributed by atoms with Crippen molar-refractivity contribution in [3.8, 4) is 5.75 Å². The van der Waals surface area contributed by atoms with Crippen molar-refractivity contribution < 1.29 is 22.6 Å². The Balaban J connectivity index is 2.36. The van der Waals surface area contributed by atoms with Crippen molar-refractivity contribution in [3.05, 3.63) is 23.0 Å². The van der Waals surface area contributed by atoms with Gasteiger partial charge in [-0.3, -0.25) is 4.98 Å². The van der Waals surface area contributed by atoms with Gasteiger partial charge in [-0.05, 0) is 13.8 Å². The molecule has 0 saturated carbocycles. The van der Waals surface area contributed by atoms with E-state index in [4.69, 9.17) is 4.74 Å². The number of pyridine rings is 1. The topological polar surface area (TPSA) is 43.4 Å². The molecule has 1 heterocycles. The quantitative estimate of drug-likeness (QED) is 0.784.